The summed E-state index contributed by atoms with van der Waals surface area (Å²) in [5, 5.41) is 0. The van der Waals surface area contributed by atoms with Crippen LogP contribution in [-0.4, -0.2) is 0 Å². The standard InChI is InChI=1S/C18H16S/c1-14-7-12-18(19-14)17-10-8-16(9-11-17)13-15-5-3-2-4-6-15/h2-12H,13H2,1H3. The average molecular weight is 264 g/mol. The minimum absolute atomic E-state index is 1.00. The minimum Gasteiger partial charge on any atom is -0.141 e. The van der Waals surface area contributed by atoms with Crippen LogP contribution in [0.5, 0.6) is 0 Å². The monoisotopic (exact) mass is 264 g/mol. The number of benzene rings is 2. The minimum atomic E-state index is 1.00. The second-order valence-corrected chi connectivity index (χ2v) is 6.06. The summed E-state index contributed by atoms with van der Waals surface area (Å²) in [7, 11) is 0. The molecule has 0 radical (unpaired) electrons. The number of hydrogen-bond acceptors (Lipinski definition) is 1. The van der Waals surface area contributed by atoms with E-state index in [9.17, 15) is 0 Å². The molecule has 1 heteroatoms. The summed E-state index contributed by atoms with van der Waals surface area (Å²) in [6, 6.07) is 23.9. The molecule has 0 saturated carbocycles. The van der Waals surface area contributed by atoms with E-state index in [4.69, 9.17) is 0 Å². The lowest BCUT2D eigenvalue weighted by Crippen LogP contribution is -1.87. The van der Waals surface area contributed by atoms with Gasteiger partial charge in [0.25, 0.3) is 0 Å². The van der Waals surface area contributed by atoms with E-state index in [1.54, 1.807) is 0 Å². The first-order chi connectivity index (χ1) is 9.31. The third-order valence-electron chi connectivity index (χ3n) is 3.23. The summed E-state index contributed by atoms with van der Waals surface area (Å²) in [5.74, 6) is 0. The van der Waals surface area contributed by atoms with E-state index in [1.807, 2.05) is 11.3 Å². The van der Waals surface area contributed by atoms with Crippen molar-refractivity contribution >= 4 is 11.3 Å². The predicted molar refractivity (Wildman–Crippen MR) is 83.7 cm³/mol. The van der Waals surface area contributed by atoms with Crippen molar-refractivity contribution in [3.05, 3.63) is 82.7 Å². The zero-order chi connectivity index (χ0) is 13.1. The van der Waals surface area contributed by atoms with Crippen LogP contribution in [0.3, 0.4) is 0 Å². The molecule has 1 aromatic heterocycles. The van der Waals surface area contributed by atoms with Gasteiger partial charge >= 0.3 is 0 Å². The Hall–Kier alpha value is -1.86. The van der Waals surface area contributed by atoms with Crippen molar-refractivity contribution in [3.63, 3.8) is 0 Å². The maximum Gasteiger partial charge on any atom is 0.0345 e. The Kier molecular flexibility index (Phi) is 3.47. The summed E-state index contributed by atoms with van der Waals surface area (Å²) < 4.78 is 0. The van der Waals surface area contributed by atoms with Gasteiger partial charge in [-0.05, 0) is 42.2 Å². The van der Waals surface area contributed by atoms with Crippen molar-refractivity contribution < 1.29 is 0 Å². The van der Waals surface area contributed by atoms with E-state index in [0.29, 0.717) is 0 Å². The molecular formula is C18H16S. The molecule has 0 saturated heterocycles. The van der Waals surface area contributed by atoms with Gasteiger partial charge in [0.05, 0.1) is 0 Å². The summed E-state index contributed by atoms with van der Waals surface area (Å²) in [6.45, 7) is 2.15. The Bertz CT molecular complexity index is 648. The van der Waals surface area contributed by atoms with Gasteiger partial charge in [0.15, 0.2) is 0 Å². The van der Waals surface area contributed by atoms with Crippen LogP contribution in [0, 0.1) is 6.92 Å². The predicted octanol–water partition coefficient (Wildman–Crippen LogP) is 5.31. The molecule has 0 spiro atoms. The zero-order valence-corrected chi connectivity index (χ0v) is 11.8. The van der Waals surface area contributed by atoms with E-state index in [-0.39, 0.29) is 0 Å². The van der Waals surface area contributed by atoms with Crippen molar-refractivity contribution in [1.29, 1.82) is 0 Å². The summed E-state index contributed by atoms with van der Waals surface area (Å²) in [6.07, 6.45) is 1.00. The second kappa shape index (κ2) is 5.41. The fourth-order valence-electron chi connectivity index (χ4n) is 2.21. The van der Waals surface area contributed by atoms with E-state index >= 15 is 0 Å². The normalized spacial score (nSPS) is 10.6. The lowest BCUT2D eigenvalue weighted by Gasteiger charge is -2.03. The summed E-state index contributed by atoms with van der Waals surface area (Å²) in [4.78, 5) is 2.71. The molecule has 0 nitrogen and oxygen atoms in total. The highest BCUT2D eigenvalue weighted by Gasteiger charge is 2.01. The molecule has 1 heterocycles. The van der Waals surface area contributed by atoms with Gasteiger partial charge in [-0.1, -0.05) is 54.6 Å². The number of rotatable bonds is 3. The summed E-state index contributed by atoms with van der Waals surface area (Å²) >= 11 is 1.85. The van der Waals surface area contributed by atoms with E-state index in [0.717, 1.165) is 6.42 Å². The molecular weight excluding hydrogens is 248 g/mol. The molecule has 3 rings (SSSR count). The topological polar surface area (TPSA) is 0 Å². The first-order valence-corrected chi connectivity index (χ1v) is 7.32. The Morgan fingerprint density at radius 1 is 0.737 bits per heavy atom. The molecule has 3 aromatic rings. The largest absolute Gasteiger partial charge is 0.141 e. The highest BCUT2D eigenvalue weighted by molar-refractivity contribution is 7.15. The lowest BCUT2D eigenvalue weighted by atomic mass is 10.0. The molecule has 0 N–H and O–H groups in total. The van der Waals surface area contributed by atoms with Crippen molar-refractivity contribution in [1.82, 2.24) is 0 Å². The fraction of sp³-hybridized carbons (Fsp3) is 0.111. The van der Waals surface area contributed by atoms with Crippen LogP contribution in [0.15, 0.2) is 66.7 Å². The van der Waals surface area contributed by atoms with Crippen molar-refractivity contribution in [2.45, 2.75) is 13.3 Å². The molecule has 0 aliphatic rings. The van der Waals surface area contributed by atoms with Crippen molar-refractivity contribution in [3.8, 4) is 10.4 Å². The Morgan fingerprint density at radius 2 is 1.42 bits per heavy atom. The molecule has 0 aliphatic heterocycles. The average Bonchev–Trinajstić information content (AvgIpc) is 2.87. The smallest absolute Gasteiger partial charge is 0.0345 e. The van der Waals surface area contributed by atoms with Gasteiger partial charge in [-0.15, -0.1) is 11.3 Å². The van der Waals surface area contributed by atoms with Crippen LogP contribution < -0.4 is 0 Å². The highest BCUT2D eigenvalue weighted by Crippen LogP contribution is 2.27. The Labute approximate surface area is 118 Å². The highest BCUT2D eigenvalue weighted by atomic mass is 32.1. The van der Waals surface area contributed by atoms with Crippen molar-refractivity contribution in [2.24, 2.45) is 0 Å². The van der Waals surface area contributed by atoms with Crippen molar-refractivity contribution in [2.75, 3.05) is 0 Å². The fourth-order valence-corrected chi connectivity index (χ4v) is 3.08. The number of aryl methyl sites for hydroxylation is 1. The van der Waals surface area contributed by atoms with Gasteiger partial charge in [-0.25, -0.2) is 0 Å². The molecule has 0 bridgehead atoms. The van der Waals surface area contributed by atoms with Crippen LogP contribution in [0.1, 0.15) is 16.0 Å². The van der Waals surface area contributed by atoms with Crippen LogP contribution in [-0.2, 0) is 6.42 Å². The van der Waals surface area contributed by atoms with Gasteiger partial charge in [0.2, 0.25) is 0 Å². The maximum atomic E-state index is 2.23. The van der Waals surface area contributed by atoms with Crippen LogP contribution >= 0.6 is 11.3 Å². The number of hydrogen-bond donors (Lipinski definition) is 0. The zero-order valence-electron chi connectivity index (χ0n) is 11.0. The molecule has 0 atom stereocenters. The SMILES string of the molecule is Cc1ccc(-c2ccc(Cc3ccccc3)cc2)s1. The van der Waals surface area contributed by atoms with Gasteiger partial charge in [0, 0.05) is 9.75 Å². The van der Waals surface area contributed by atoms with Crippen LogP contribution in [0.2, 0.25) is 0 Å². The van der Waals surface area contributed by atoms with Gasteiger partial charge in [-0.3, -0.25) is 0 Å². The van der Waals surface area contributed by atoms with Gasteiger partial charge < -0.3 is 0 Å². The molecule has 0 unspecified atom stereocenters. The van der Waals surface area contributed by atoms with Gasteiger partial charge in [0.1, 0.15) is 0 Å². The molecule has 2 aromatic carbocycles. The number of thiophene rings is 1. The first kappa shape index (κ1) is 12.2. The molecule has 19 heavy (non-hydrogen) atoms. The van der Waals surface area contributed by atoms with E-state index in [1.165, 1.54) is 26.4 Å². The lowest BCUT2D eigenvalue weighted by molar-refractivity contribution is 1.19. The van der Waals surface area contributed by atoms with Crippen LogP contribution in [0.4, 0.5) is 0 Å². The van der Waals surface area contributed by atoms with E-state index in [2.05, 4.69) is 73.7 Å². The Balaban J connectivity index is 1.79. The molecule has 0 fully saturated rings. The molecule has 0 amide bonds. The second-order valence-electron chi connectivity index (χ2n) is 4.77. The third kappa shape index (κ3) is 2.94. The Morgan fingerprint density at radius 3 is 2.05 bits per heavy atom. The quantitative estimate of drug-likeness (QED) is 0.601. The summed E-state index contributed by atoms with van der Waals surface area (Å²) in [5.41, 5.74) is 4.04. The molecule has 0 aliphatic carbocycles. The van der Waals surface area contributed by atoms with Crippen LogP contribution in [0.25, 0.3) is 10.4 Å². The van der Waals surface area contributed by atoms with E-state index < -0.39 is 0 Å². The van der Waals surface area contributed by atoms with Gasteiger partial charge in [-0.2, -0.15) is 0 Å². The maximum absolute atomic E-state index is 2.23. The molecule has 94 valence electrons. The first-order valence-electron chi connectivity index (χ1n) is 6.51. The third-order valence-corrected chi connectivity index (χ3v) is 4.28.